The van der Waals surface area contributed by atoms with Crippen molar-refractivity contribution in [1.82, 2.24) is 4.90 Å². The van der Waals surface area contributed by atoms with Crippen LogP contribution in [0.5, 0.6) is 0 Å². The van der Waals surface area contributed by atoms with Gasteiger partial charge in [0, 0.05) is 13.1 Å². The highest BCUT2D eigenvalue weighted by Crippen LogP contribution is 2.16. The van der Waals surface area contributed by atoms with Crippen LogP contribution in [-0.4, -0.2) is 23.9 Å². The zero-order chi connectivity index (χ0) is 10.1. The third-order valence-electron chi connectivity index (χ3n) is 2.38. The first-order valence-corrected chi connectivity index (χ1v) is 4.70. The Morgan fingerprint density at radius 1 is 1.36 bits per heavy atom. The number of rotatable bonds is 1. The minimum Gasteiger partial charge on any atom is -0.466 e. The van der Waals surface area contributed by atoms with Gasteiger partial charge in [0.05, 0.1) is 5.56 Å². The van der Waals surface area contributed by atoms with Gasteiger partial charge in [-0.3, -0.25) is 4.79 Å². The first-order chi connectivity index (χ1) is 6.68. The van der Waals surface area contributed by atoms with Gasteiger partial charge in [0.15, 0.2) is 0 Å². The Hall–Kier alpha value is -1.51. The Morgan fingerprint density at radius 2 is 2.00 bits per heavy atom. The summed E-state index contributed by atoms with van der Waals surface area (Å²) in [6.07, 6.45) is 4.00. The minimum atomic E-state index is 0.0596. The standard InChI is InChI=1S/C11H13NO2/c1-8-7-10(9(2)14-8)11(13)12-5-3-4-6-12/h3-4,7H,5-6H2,1-2H3. The number of amides is 1. The van der Waals surface area contributed by atoms with Gasteiger partial charge in [0.25, 0.3) is 5.91 Å². The predicted octanol–water partition coefficient (Wildman–Crippen LogP) is 1.91. The number of furan rings is 1. The molecule has 0 atom stereocenters. The van der Waals surface area contributed by atoms with E-state index in [0.717, 1.165) is 5.76 Å². The molecule has 2 rings (SSSR count). The van der Waals surface area contributed by atoms with Gasteiger partial charge in [-0.2, -0.15) is 0 Å². The van der Waals surface area contributed by atoms with E-state index in [1.54, 1.807) is 11.0 Å². The molecule has 1 amide bonds. The van der Waals surface area contributed by atoms with E-state index in [-0.39, 0.29) is 5.91 Å². The molecule has 3 nitrogen and oxygen atoms in total. The largest absolute Gasteiger partial charge is 0.466 e. The molecule has 0 fully saturated rings. The third kappa shape index (κ3) is 1.45. The number of hydrogen-bond donors (Lipinski definition) is 0. The number of carbonyl (C=O) groups excluding carboxylic acids is 1. The van der Waals surface area contributed by atoms with E-state index in [1.165, 1.54) is 0 Å². The summed E-state index contributed by atoms with van der Waals surface area (Å²) in [4.78, 5) is 13.7. The summed E-state index contributed by atoms with van der Waals surface area (Å²) in [6, 6.07) is 1.80. The highest BCUT2D eigenvalue weighted by Gasteiger charge is 2.20. The molecule has 14 heavy (non-hydrogen) atoms. The van der Waals surface area contributed by atoms with Crippen molar-refractivity contribution in [3.63, 3.8) is 0 Å². The van der Waals surface area contributed by atoms with E-state index < -0.39 is 0 Å². The number of hydrogen-bond acceptors (Lipinski definition) is 2. The summed E-state index contributed by atoms with van der Waals surface area (Å²) in [5.74, 6) is 1.56. The molecule has 3 heteroatoms. The minimum absolute atomic E-state index is 0.0596. The van der Waals surface area contributed by atoms with Crippen LogP contribution in [0.3, 0.4) is 0 Å². The lowest BCUT2D eigenvalue weighted by Crippen LogP contribution is -2.28. The smallest absolute Gasteiger partial charge is 0.257 e. The molecular formula is C11H13NO2. The summed E-state index contributed by atoms with van der Waals surface area (Å²) in [6.45, 7) is 5.10. The van der Waals surface area contributed by atoms with Crippen molar-refractivity contribution in [2.45, 2.75) is 13.8 Å². The molecule has 0 aromatic carbocycles. The maximum atomic E-state index is 11.9. The molecule has 1 aliphatic rings. The average Bonchev–Trinajstić information content (AvgIpc) is 2.73. The van der Waals surface area contributed by atoms with E-state index >= 15 is 0 Å². The van der Waals surface area contributed by atoms with Gasteiger partial charge < -0.3 is 9.32 Å². The first kappa shape index (κ1) is 9.06. The Morgan fingerprint density at radius 3 is 2.50 bits per heavy atom. The lowest BCUT2D eigenvalue weighted by atomic mass is 10.2. The van der Waals surface area contributed by atoms with Crippen molar-refractivity contribution in [2.24, 2.45) is 0 Å². The van der Waals surface area contributed by atoms with Gasteiger partial charge in [-0.15, -0.1) is 0 Å². The van der Waals surface area contributed by atoms with Crippen LogP contribution in [0.1, 0.15) is 21.9 Å². The van der Waals surface area contributed by atoms with Crippen molar-refractivity contribution in [3.05, 3.63) is 35.3 Å². The molecule has 0 unspecified atom stereocenters. The molecule has 74 valence electrons. The van der Waals surface area contributed by atoms with Gasteiger partial charge in [-0.25, -0.2) is 0 Å². The molecular weight excluding hydrogens is 178 g/mol. The van der Waals surface area contributed by atoms with Gasteiger partial charge in [0.2, 0.25) is 0 Å². The Balaban J connectivity index is 2.22. The molecule has 0 spiro atoms. The second-order valence-electron chi connectivity index (χ2n) is 3.51. The van der Waals surface area contributed by atoms with Crippen molar-refractivity contribution in [2.75, 3.05) is 13.1 Å². The summed E-state index contributed by atoms with van der Waals surface area (Å²) in [5, 5.41) is 0. The fourth-order valence-electron chi connectivity index (χ4n) is 1.66. The molecule has 0 aliphatic carbocycles. The van der Waals surface area contributed by atoms with Crippen LogP contribution in [0.25, 0.3) is 0 Å². The molecule has 2 heterocycles. The normalized spacial score (nSPS) is 15.1. The molecule has 0 N–H and O–H groups in total. The van der Waals surface area contributed by atoms with Crippen molar-refractivity contribution >= 4 is 5.91 Å². The van der Waals surface area contributed by atoms with Crippen molar-refractivity contribution in [3.8, 4) is 0 Å². The second kappa shape index (κ2) is 3.33. The molecule has 0 saturated carbocycles. The fourth-order valence-corrected chi connectivity index (χ4v) is 1.66. The van der Waals surface area contributed by atoms with Crippen LogP contribution in [-0.2, 0) is 0 Å². The number of nitrogens with zero attached hydrogens (tertiary/aromatic N) is 1. The van der Waals surface area contributed by atoms with Gasteiger partial charge >= 0.3 is 0 Å². The third-order valence-corrected chi connectivity index (χ3v) is 2.38. The van der Waals surface area contributed by atoms with Crippen LogP contribution in [0, 0.1) is 13.8 Å². The molecule has 0 radical (unpaired) electrons. The Labute approximate surface area is 83.0 Å². The van der Waals surface area contributed by atoms with Crippen molar-refractivity contribution in [1.29, 1.82) is 0 Å². The van der Waals surface area contributed by atoms with E-state index in [9.17, 15) is 4.79 Å². The topological polar surface area (TPSA) is 33.5 Å². The number of aryl methyl sites for hydroxylation is 2. The summed E-state index contributed by atoms with van der Waals surface area (Å²) >= 11 is 0. The maximum absolute atomic E-state index is 11.9. The summed E-state index contributed by atoms with van der Waals surface area (Å²) in [7, 11) is 0. The quantitative estimate of drug-likeness (QED) is 0.635. The van der Waals surface area contributed by atoms with Crippen LogP contribution >= 0.6 is 0 Å². The van der Waals surface area contributed by atoms with Crippen LogP contribution in [0.2, 0.25) is 0 Å². The lowest BCUT2D eigenvalue weighted by Gasteiger charge is -2.14. The van der Waals surface area contributed by atoms with Crippen LogP contribution in [0.15, 0.2) is 22.6 Å². The highest BCUT2D eigenvalue weighted by atomic mass is 16.3. The van der Waals surface area contributed by atoms with E-state index in [4.69, 9.17) is 4.42 Å². The molecule has 0 bridgehead atoms. The highest BCUT2D eigenvalue weighted by molar-refractivity contribution is 5.95. The summed E-state index contributed by atoms with van der Waals surface area (Å²) in [5.41, 5.74) is 0.686. The van der Waals surface area contributed by atoms with Crippen molar-refractivity contribution < 1.29 is 9.21 Å². The molecule has 1 aromatic rings. The molecule has 0 saturated heterocycles. The number of carbonyl (C=O) groups is 1. The Bertz CT molecular complexity index is 382. The molecule has 1 aliphatic heterocycles. The van der Waals surface area contributed by atoms with E-state index in [1.807, 2.05) is 26.0 Å². The average molecular weight is 191 g/mol. The lowest BCUT2D eigenvalue weighted by molar-refractivity contribution is 0.0798. The first-order valence-electron chi connectivity index (χ1n) is 4.70. The second-order valence-corrected chi connectivity index (χ2v) is 3.51. The Kier molecular flexibility index (Phi) is 2.15. The van der Waals surface area contributed by atoms with Crippen LogP contribution < -0.4 is 0 Å². The van der Waals surface area contributed by atoms with Gasteiger partial charge in [-0.1, -0.05) is 12.2 Å². The van der Waals surface area contributed by atoms with E-state index in [2.05, 4.69) is 0 Å². The zero-order valence-electron chi connectivity index (χ0n) is 8.41. The fraction of sp³-hybridized carbons (Fsp3) is 0.364. The summed E-state index contributed by atoms with van der Waals surface area (Å²) < 4.78 is 5.33. The zero-order valence-corrected chi connectivity index (χ0v) is 8.41. The SMILES string of the molecule is Cc1cc(C(=O)N2CC=CC2)c(C)o1. The van der Waals surface area contributed by atoms with Gasteiger partial charge in [0.1, 0.15) is 11.5 Å². The predicted molar refractivity (Wildman–Crippen MR) is 53.2 cm³/mol. The maximum Gasteiger partial charge on any atom is 0.257 e. The van der Waals surface area contributed by atoms with Crippen LogP contribution in [0.4, 0.5) is 0 Å². The molecule has 1 aromatic heterocycles. The van der Waals surface area contributed by atoms with Gasteiger partial charge in [-0.05, 0) is 19.9 Å². The monoisotopic (exact) mass is 191 g/mol. The van der Waals surface area contributed by atoms with E-state index in [0.29, 0.717) is 24.4 Å².